The van der Waals surface area contributed by atoms with Crippen LogP contribution in [0.3, 0.4) is 0 Å². The van der Waals surface area contributed by atoms with Crippen LogP contribution in [-0.2, 0) is 4.79 Å². The number of fused-ring (bicyclic) bond motifs is 1. The lowest BCUT2D eigenvalue weighted by molar-refractivity contribution is -0.128. The number of hydrogen-bond acceptors (Lipinski definition) is 3. The van der Waals surface area contributed by atoms with Crippen LogP contribution in [0.2, 0.25) is 0 Å². The molecule has 2 atom stereocenters. The average Bonchev–Trinajstić information content (AvgIpc) is 2.25. The highest BCUT2D eigenvalue weighted by atomic mass is 16.3. The van der Waals surface area contributed by atoms with Crippen molar-refractivity contribution in [1.29, 1.82) is 0 Å². The molecule has 1 heterocycles. The highest BCUT2D eigenvalue weighted by Gasteiger charge is 2.35. The van der Waals surface area contributed by atoms with Crippen LogP contribution in [0.5, 0.6) is 0 Å². The van der Waals surface area contributed by atoms with Gasteiger partial charge in [0.05, 0.1) is 6.54 Å². The average molecular weight is 212 g/mol. The molecular formula is C11H20N2O2. The van der Waals surface area contributed by atoms with Gasteiger partial charge in [0.15, 0.2) is 0 Å². The van der Waals surface area contributed by atoms with E-state index in [1.807, 2.05) is 0 Å². The van der Waals surface area contributed by atoms with Gasteiger partial charge in [-0.2, -0.15) is 0 Å². The Kier molecular flexibility index (Phi) is 3.59. The van der Waals surface area contributed by atoms with Gasteiger partial charge in [0.1, 0.15) is 0 Å². The number of hydrogen-bond donors (Lipinski definition) is 2. The van der Waals surface area contributed by atoms with Crippen LogP contribution in [0.15, 0.2) is 0 Å². The summed E-state index contributed by atoms with van der Waals surface area (Å²) in [5.41, 5.74) is 0. The standard InChI is InChI=1S/C11H20N2O2/c14-7-3-6-13-8-11(15)12-9-4-1-2-5-10(9)13/h9-10,14H,1-8H2,(H,12,15). The summed E-state index contributed by atoms with van der Waals surface area (Å²) in [6, 6.07) is 0.877. The Hall–Kier alpha value is -0.610. The maximum Gasteiger partial charge on any atom is 0.234 e. The van der Waals surface area contributed by atoms with Gasteiger partial charge in [-0.05, 0) is 19.3 Å². The van der Waals surface area contributed by atoms with Crippen molar-refractivity contribution in [3.05, 3.63) is 0 Å². The number of nitrogens with one attached hydrogen (secondary N) is 1. The van der Waals surface area contributed by atoms with Crippen molar-refractivity contribution >= 4 is 5.91 Å². The predicted molar refractivity (Wildman–Crippen MR) is 57.5 cm³/mol. The summed E-state index contributed by atoms with van der Waals surface area (Å²) in [5, 5.41) is 11.9. The number of aliphatic hydroxyl groups is 1. The Morgan fingerprint density at radius 2 is 2.20 bits per heavy atom. The smallest absolute Gasteiger partial charge is 0.234 e. The normalized spacial score (nSPS) is 32.2. The molecule has 1 aliphatic carbocycles. The van der Waals surface area contributed by atoms with Crippen molar-refractivity contribution in [3.63, 3.8) is 0 Å². The van der Waals surface area contributed by atoms with Crippen LogP contribution < -0.4 is 5.32 Å². The van der Waals surface area contributed by atoms with Crippen molar-refractivity contribution in [2.24, 2.45) is 0 Å². The molecule has 86 valence electrons. The van der Waals surface area contributed by atoms with Gasteiger partial charge in [-0.3, -0.25) is 9.69 Å². The maximum atomic E-state index is 11.5. The summed E-state index contributed by atoms with van der Waals surface area (Å²) < 4.78 is 0. The first kappa shape index (κ1) is 10.9. The largest absolute Gasteiger partial charge is 0.396 e. The number of carbonyl (C=O) groups is 1. The lowest BCUT2D eigenvalue weighted by Crippen LogP contribution is -2.61. The van der Waals surface area contributed by atoms with Crippen molar-refractivity contribution in [2.75, 3.05) is 19.7 Å². The summed E-state index contributed by atoms with van der Waals surface area (Å²) in [4.78, 5) is 13.7. The molecule has 2 N–H and O–H groups in total. The Morgan fingerprint density at radius 3 is 3.00 bits per heavy atom. The Bertz CT molecular complexity index is 233. The number of nitrogens with zero attached hydrogens (tertiary/aromatic N) is 1. The highest BCUT2D eigenvalue weighted by Crippen LogP contribution is 2.25. The quantitative estimate of drug-likeness (QED) is 0.698. The zero-order chi connectivity index (χ0) is 10.7. The van der Waals surface area contributed by atoms with Gasteiger partial charge in [-0.15, -0.1) is 0 Å². The first-order valence-electron chi connectivity index (χ1n) is 5.95. The van der Waals surface area contributed by atoms with Crippen LogP contribution in [0, 0.1) is 0 Å². The number of rotatable bonds is 3. The van der Waals surface area contributed by atoms with Crippen LogP contribution >= 0.6 is 0 Å². The monoisotopic (exact) mass is 212 g/mol. The van der Waals surface area contributed by atoms with E-state index in [1.165, 1.54) is 19.3 Å². The third-order valence-electron chi connectivity index (χ3n) is 3.50. The van der Waals surface area contributed by atoms with Gasteiger partial charge >= 0.3 is 0 Å². The highest BCUT2D eigenvalue weighted by molar-refractivity contribution is 5.79. The number of piperazine rings is 1. The first-order valence-corrected chi connectivity index (χ1v) is 5.95. The van der Waals surface area contributed by atoms with Crippen molar-refractivity contribution in [3.8, 4) is 0 Å². The van der Waals surface area contributed by atoms with Crippen molar-refractivity contribution in [2.45, 2.75) is 44.2 Å². The molecule has 1 aliphatic heterocycles. The second-order valence-electron chi connectivity index (χ2n) is 4.57. The van der Waals surface area contributed by atoms with Crippen LogP contribution in [0.4, 0.5) is 0 Å². The van der Waals surface area contributed by atoms with E-state index in [0.29, 0.717) is 18.6 Å². The zero-order valence-electron chi connectivity index (χ0n) is 9.11. The van der Waals surface area contributed by atoms with Crippen molar-refractivity contribution in [1.82, 2.24) is 10.2 Å². The van der Waals surface area contributed by atoms with E-state index in [4.69, 9.17) is 5.11 Å². The van der Waals surface area contributed by atoms with E-state index in [0.717, 1.165) is 19.4 Å². The van der Waals surface area contributed by atoms with Gasteiger partial charge in [0.25, 0.3) is 0 Å². The summed E-state index contributed by atoms with van der Waals surface area (Å²) in [6.45, 7) is 1.59. The molecular weight excluding hydrogens is 192 g/mol. The summed E-state index contributed by atoms with van der Waals surface area (Å²) in [7, 11) is 0. The maximum absolute atomic E-state index is 11.5. The van der Waals surface area contributed by atoms with Crippen LogP contribution in [0.25, 0.3) is 0 Å². The molecule has 0 aromatic rings. The van der Waals surface area contributed by atoms with Crippen LogP contribution in [0.1, 0.15) is 32.1 Å². The molecule has 2 unspecified atom stereocenters. The van der Waals surface area contributed by atoms with E-state index in [2.05, 4.69) is 10.2 Å². The van der Waals surface area contributed by atoms with Gasteiger partial charge in [-0.1, -0.05) is 12.8 Å². The second-order valence-corrected chi connectivity index (χ2v) is 4.57. The molecule has 1 saturated heterocycles. The minimum absolute atomic E-state index is 0.149. The van der Waals surface area contributed by atoms with E-state index >= 15 is 0 Å². The molecule has 0 spiro atoms. The van der Waals surface area contributed by atoms with Gasteiger partial charge < -0.3 is 10.4 Å². The fourth-order valence-electron chi connectivity index (χ4n) is 2.79. The molecule has 4 heteroatoms. The fourth-order valence-corrected chi connectivity index (χ4v) is 2.79. The lowest BCUT2D eigenvalue weighted by Gasteiger charge is -2.44. The second kappa shape index (κ2) is 4.94. The molecule has 0 bridgehead atoms. The lowest BCUT2D eigenvalue weighted by atomic mass is 9.87. The summed E-state index contributed by atoms with van der Waals surface area (Å²) in [6.07, 6.45) is 5.58. The minimum Gasteiger partial charge on any atom is -0.396 e. The predicted octanol–water partition coefficient (Wildman–Crippen LogP) is 0.112. The van der Waals surface area contributed by atoms with E-state index in [1.54, 1.807) is 0 Å². The molecule has 4 nitrogen and oxygen atoms in total. The fraction of sp³-hybridized carbons (Fsp3) is 0.909. The van der Waals surface area contributed by atoms with E-state index in [-0.39, 0.29) is 12.5 Å². The third kappa shape index (κ3) is 2.49. The molecule has 1 amide bonds. The Labute approximate surface area is 90.6 Å². The molecule has 15 heavy (non-hydrogen) atoms. The molecule has 2 rings (SSSR count). The zero-order valence-corrected chi connectivity index (χ0v) is 9.11. The summed E-state index contributed by atoms with van der Waals surface area (Å²) >= 11 is 0. The third-order valence-corrected chi connectivity index (χ3v) is 3.50. The van der Waals surface area contributed by atoms with Gasteiger partial charge in [0.2, 0.25) is 5.91 Å². The number of aliphatic hydroxyl groups excluding tert-OH is 1. The molecule has 0 aromatic carbocycles. The Balaban J connectivity index is 1.97. The van der Waals surface area contributed by atoms with E-state index < -0.39 is 0 Å². The summed E-state index contributed by atoms with van der Waals surface area (Å²) in [5.74, 6) is 0.149. The first-order chi connectivity index (χ1) is 7.31. The number of amides is 1. The number of carbonyl (C=O) groups excluding carboxylic acids is 1. The topological polar surface area (TPSA) is 52.6 Å². The van der Waals surface area contributed by atoms with Gasteiger partial charge in [-0.25, -0.2) is 0 Å². The van der Waals surface area contributed by atoms with E-state index in [9.17, 15) is 4.79 Å². The Morgan fingerprint density at radius 1 is 1.40 bits per heavy atom. The van der Waals surface area contributed by atoms with Gasteiger partial charge in [0, 0.05) is 25.2 Å². The van der Waals surface area contributed by atoms with Crippen LogP contribution in [-0.4, -0.2) is 47.7 Å². The molecule has 0 aromatic heterocycles. The van der Waals surface area contributed by atoms with Crippen molar-refractivity contribution < 1.29 is 9.90 Å². The SMILES string of the molecule is O=C1CN(CCCO)C2CCCCC2N1. The molecule has 2 aliphatic rings. The molecule has 2 fully saturated rings. The molecule has 1 saturated carbocycles. The minimum atomic E-state index is 0.149. The molecule has 0 radical (unpaired) electrons.